The zero-order valence-electron chi connectivity index (χ0n) is 31.6. The number of thiophene rings is 1. The van der Waals surface area contributed by atoms with Crippen LogP contribution in [0.25, 0.3) is 58.8 Å². The van der Waals surface area contributed by atoms with Crippen molar-refractivity contribution in [2.45, 2.75) is 5.41 Å². The summed E-state index contributed by atoms with van der Waals surface area (Å²) in [4.78, 5) is 2.47. The van der Waals surface area contributed by atoms with Crippen LogP contribution in [-0.4, -0.2) is 4.57 Å². The Morgan fingerprint density at radius 3 is 1.78 bits per heavy atom. The molecule has 0 bridgehead atoms. The Labute approximate surface area is 341 Å². The van der Waals surface area contributed by atoms with Crippen LogP contribution in [0.4, 0.5) is 17.1 Å². The summed E-state index contributed by atoms with van der Waals surface area (Å²) in [6.45, 7) is 0. The predicted octanol–water partition coefficient (Wildman–Crippen LogP) is 15.0. The van der Waals surface area contributed by atoms with Gasteiger partial charge in [-0.25, -0.2) is 0 Å². The van der Waals surface area contributed by atoms with E-state index < -0.39 is 5.41 Å². The molecule has 0 saturated heterocycles. The normalized spacial score (nSPS) is 13.0. The van der Waals surface area contributed by atoms with Crippen LogP contribution in [0.3, 0.4) is 0 Å². The van der Waals surface area contributed by atoms with Crippen LogP contribution in [-0.2, 0) is 5.41 Å². The quantitative estimate of drug-likeness (QED) is 0.164. The van der Waals surface area contributed by atoms with E-state index in [1.165, 1.54) is 81.0 Å². The van der Waals surface area contributed by atoms with E-state index in [4.69, 9.17) is 0 Å². The largest absolute Gasteiger partial charge is 0.308 e. The van der Waals surface area contributed by atoms with Gasteiger partial charge in [-0.15, -0.1) is 11.3 Å². The molecule has 58 heavy (non-hydrogen) atoms. The van der Waals surface area contributed by atoms with Gasteiger partial charge in [0.05, 0.1) is 32.5 Å². The Kier molecular flexibility index (Phi) is 7.35. The molecule has 2 nitrogen and oxygen atoms in total. The van der Waals surface area contributed by atoms with Gasteiger partial charge >= 0.3 is 0 Å². The number of aromatic nitrogens is 1. The Balaban J connectivity index is 1.16. The molecule has 2 aromatic heterocycles. The number of hydrogen-bond acceptors (Lipinski definition) is 2. The summed E-state index contributed by atoms with van der Waals surface area (Å²) >= 11 is 1.88. The standard InChI is InChI=1S/C55H36N2S/c1-3-18-37(19-4-1)55(47-30-11-7-24-41(47)42-25-8-12-31-48(42)55)38-20-15-23-40(36-38)56(39-21-5-2-6-22-39)50-33-16-28-45-43-26-9-13-32-49(43)57(53(45)50)51-34-17-29-46-44-27-10-14-35-52(44)58-54(46)51/h1-36H. The van der Waals surface area contributed by atoms with Crippen LogP contribution in [0, 0.1) is 0 Å². The van der Waals surface area contributed by atoms with Crippen molar-refractivity contribution in [2.24, 2.45) is 0 Å². The second-order valence-corrected chi connectivity index (χ2v) is 16.3. The molecule has 0 amide bonds. The van der Waals surface area contributed by atoms with Gasteiger partial charge in [-0.1, -0.05) is 170 Å². The van der Waals surface area contributed by atoms with Gasteiger partial charge in [0.1, 0.15) is 0 Å². The fraction of sp³-hybridized carbons (Fsp3) is 0.0182. The van der Waals surface area contributed by atoms with Crippen molar-refractivity contribution in [2.75, 3.05) is 4.90 Å². The molecule has 12 rings (SSSR count). The highest BCUT2D eigenvalue weighted by atomic mass is 32.1. The maximum absolute atomic E-state index is 2.52. The number of fused-ring (bicyclic) bond motifs is 9. The molecule has 272 valence electrons. The van der Waals surface area contributed by atoms with Crippen molar-refractivity contribution in [1.82, 2.24) is 4.57 Å². The van der Waals surface area contributed by atoms with E-state index in [1.807, 2.05) is 11.3 Å². The molecule has 9 aromatic carbocycles. The Hall–Kier alpha value is -7.20. The maximum Gasteiger partial charge on any atom is 0.0782 e. The fourth-order valence-corrected chi connectivity index (χ4v) is 11.1. The van der Waals surface area contributed by atoms with E-state index >= 15 is 0 Å². The van der Waals surface area contributed by atoms with Gasteiger partial charge in [0.15, 0.2) is 0 Å². The topological polar surface area (TPSA) is 8.17 Å². The zero-order valence-corrected chi connectivity index (χ0v) is 32.4. The fourth-order valence-electron chi connectivity index (χ4n) is 9.93. The predicted molar refractivity (Wildman–Crippen MR) is 246 cm³/mol. The molecule has 0 saturated carbocycles. The zero-order chi connectivity index (χ0) is 38.2. The molecule has 0 N–H and O–H groups in total. The molecule has 1 aliphatic carbocycles. The van der Waals surface area contributed by atoms with E-state index in [0.717, 1.165) is 17.1 Å². The lowest BCUT2D eigenvalue weighted by molar-refractivity contribution is 0.768. The lowest BCUT2D eigenvalue weighted by atomic mass is 9.67. The Bertz CT molecular complexity index is 3310. The smallest absolute Gasteiger partial charge is 0.0782 e. The summed E-state index contributed by atoms with van der Waals surface area (Å²) in [5.74, 6) is 0. The van der Waals surface area contributed by atoms with Crippen molar-refractivity contribution in [3.63, 3.8) is 0 Å². The summed E-state index contributed by atoms with van der Waals surface area (Å²) < 4.78 is 5.11. The number of hydrogen-bond donors (Lipinski definition) is 0. The second kappa shape index (κ2) is 12.9. The molecule has 0 unspecified atom stereocenters. The number of benzene rings is 9. The summed E-state index contributed by atoms with van der Waals surface area (Å²) in [6.07, 6.45) is 0. The van der Waals surface area contributed by atoms with Crippen LogP contribution in [0.5, 0.6) is 0 Å². The highest BCUT2D eigenvalue weighted by molar-refractivity contribution is 7.26. The average molecular weight is 757 g/mol. The van der Waals surface area contributed by atoms with Gasteiger partial charge in [0.25, 0.3) is 0 Å². The lowest BCUT2D eigenvalue weighted by Gasteiger charge is -2.35. The van der Waals surface area contributed by atoms with Gasteiger partial charge in [0, 0.05) is 37.6 Å². The first-order valence-electron chi connectivity index (χ1n) is 19.9. The van der Waals surface area contributed by atoms with E-state index in [2.05, 4.69) is 228 Å². The third-order valence-corrected chi connectivity index (χ3v) is 13.5. The van der Waals surface area contributed by atoms with Gasteiger partial charge in [-0.2, -0.15) is 0 Å². The summed E-state index contributed by atoms with van der Waals surface area (Å²) in [7, 11) is 0. The molecule has 0 fully saturated rings. The van der Waals surface area contributed by atoms with Gasteiger partial charge in [-0.05, 0) is 81.9 Å². The minimum Gasteiger partial charge on any atom is -0.308 e. The first-order chi connectivity index (χ1) is 28.8. The Morgan fingerprint density at radius 1 is 0.414 bits per heavy atom. The van der Waals surface area contributed by atoms with Gasteiger partial charge in [0.2, 0.25) is 0 Å². The monoisotopic (exact) mass is 756 g/mol. The molecular formula is C55H36N2S. The van der Waals surface area contributed by atoms with E-state index in [1.54, 1.807) is 0 Å². The van der Waals surface area contributed by atoms with Crippen LogP contribution in [0.2, 0.25) is 0 Å². The average Bonchev–Trinajstić information content (AvgIpc) is 3.95. The highest BCUT2D eigenvalue weighted by Crippen LogP contribution is 2.57. The number of rotatable bonds is 6. The van der Waals surface area contributed by atoms with Crippen molar-refractivity contribution in [3.8, 4) is 16.8 Å². The number of anilines is 3. The molecule has 3 heteroatoms. The molecular weight excluding hydrogens is 721 g/mol. The Morgan fingerprint density at radius 2 is 0.983 bits per heavy atom. The van der Waals surface area contributed by atoms with Crippen molar-refractivity contribution in [1.29, 1.82) is 0 Å². The first-order valence-corrected chi connectivity index (χ1v) is 20.8. The summed E-state index contributed by atoms with van der Waals surface area (Å²) in [5, 5.41) is 5.05. The number of nitrogens with zero attached hydrogens (tertiary/aromatic N) is 2. The molecule has 0 radical (unpaired) electrons. The van der Waals surface area contributed by atoms with Gasteiger partial charge < -0.3 is 9.47 Å². The van der Waals surface area contributed by atoms with E-state index in [0.29, 0.717) is 0 Å². The minimum absolute atomic E-state index is 0.509. The second-order valence-electron chi connectivity index (χ2n) is 15.2. The molecule has 2 heterocycles. The van der Waals surface area contributed by atoms with Crippen LogP contribution >= 0.6 is 11.3 Å². The minimum atomic E-state index is -0.509. The van der Waals surface area contributed by atoms with Crippen LogP contribution in [0.15, 0.2) is 218 Å². The molecule has 11 aromatic rings. The van der Waals surface area contributed by atoms with Crippen molar-refractivity contribution >= 4 is 70.4 Å². The third-order valence-electron chi connectivity index (χ3n) is 12.2. The highest BCUT2D eigenvalue weighted by Gasteiger charge is 2.46. The summed E-state index contributed by atoms with van der Waals surface area (Å²) in [5.41, 5.74) is 14.1. The molecule has 0 aliphatic heterocycles. The van der Waals surface area contributed by atoms with Crippen molar-refractivity contribution < 1.29 is 0 Å². The molecule has 1 aliphatic rings. The third kappa shape index (κ3) is 4.65. The summed E-state index contributed by atoms with van der Waals surface area (Å²) in [6, 6.07) is 80.5. The van der Waals surface area contributed by atoms with E-state index in [-0.39, 0.29) is 0 Å². The van der Waals surface area contributed by atoms with E-state index in [9.17, 15) is 0 Å². The number of para-hydroxylation sites is 3. The van der Waals surface area contributed by atoms with Gasteiger partial charge in [-0.3, -0.25) is 0 Å². The molecule has 0 atom stereocenters. The first kappa shape index (κ1) is 33.0. The van der Waals surface area contributed by atoms with Crippen LogP contribution < -0.4 is 4.90 Å². The van der Waals surface area contributed by atoms with Crippen LogP contribution in [0.1, 0.15) is 22.3 Å². The maximum atomic E-state index is 2.52. The lowest BCUT2D eigenvalue weighted by Crippen LogP contribution is -2.28. The molecule has 0 spiro atoms. The SMILES string of the molecule is c1ccc(N(c2cccc(C3(c4ccccc4)c4ccccc4-c4ccccc43)c2)c2cccc3c4ccccc4n(-c4cccc5c4sc4ccccc45)c23)cc1. The van der Waals surface area contributed by atoms with Crippen molar-refractivity contribution in [3.05, 3.63) is 241 Å².